The molecular formula is C13H18Cl2N2O. The Kier molecular flexibility index (Phi) is 4.87. The van der Waals surface area contributed by atoms with Gasteiger partial charge in [-0.15, -0.1) is 0 Å². The molecule has 5 heteroatoms. The van der Waals surface area contributed by atoms with Crippen LogP contribution in [0.15, 0.2) is 18.2 Å². The Balaban J connectivity index is 2.18. The van der Waals surface area contributed by atoms with Gasteiger partial charge >= 0.3 is 0 Å². The highest BCUT2D eigenvalue weighted by atomic mass is 35.5. The number of rotatable bonds is 4. The minimum atomic E-state index is 0.145. The van der Waals surface area contributed by atoms with Crippen LogP contribution in [-0.2, 0) is 4.74 Å². The molecular weight excluding hydrogens is 271 g/mol. The fourth-order valence-electron chi connectivity index (χ4n) is 2.35. The molecule has 3 nitrogen and oxygen atoms in total. The summed E-state index contributed by atoms with van der Waals surface area (Å²) in [6.45, 7) is 2.15. The summed E-state index contributed by atoms with van der Waals surface area (Å²) in [4.78, 5) is 2.27. The number of halogens is 2. The summed E-state index contributed by atoms with van der Waals surface area (Å²) in [7, 11) is 2.08. The molecule has 2 N–H and O–H groups in total. The van der Waals surface area contributed by atoms with E-state index in [1.165, 1.54) is 0 Å². The lowest BCUT2D eigenvalue weighted by molar-refractivity contribution is 0.134. The van der Waals surface area contributed by atoms with Crippen molar-refractivity contribution in [2.45, 2.75) is 18.5 Å². The maximum absolute atomic E-state index is 6.06. The van der Waals surface area contributed by atoms with Gasteiger partial charge in [0.05, 0.1) is 16.7 Å². The predicted octanol–water partition coefficient (Wildman–Crippen LogP) is 2.71. The minimum Gasteiger partial charge on any atom is -0.380 e. The largest absolute Gasteiger partial charge is 0.380 e. The van der Waals surface area contributed by atoms with Gasteiger partial charge in [-0.25, -0.2) is 0 Å². The molecule has 1 aliphatic rings. The van der Waals surface area contributed by atoms with Gasteiger partial charge in [-0.1, -0.05) is 29.3 Å². The van der Waals surface area contributed by atoms with Gasteiger partial charge in [0, 0.05) is 25.2 Å². The van der Waals surface area contributed by atoms with Crippen LogP contribution < -0.4 is 5.73 Å². The molecule has 0 radical (unpaired) electrons. The van der Waals surface area contributed by atoms with Crippen LogP contribution in [0.2, 0.25) is 10.0 Å². The zero-order valence-corrected chi connectivity index (χ0v) is 11.9. The molecule has 1 aliphatic heterocycles. The van der Waals surface area contributed by atoms with Crippen molar-refractivity contribution < 1.29 is 4.74 Å². The quantitative estimate of drug-likeness (QED) is 0.926. The monoisotopic (exact) mass is 288 g/mol. The van der Waals surface area contributed by atoms with Gasteiger partial charge in [-0.3, -0.25) is 4.90 Å². The molecule has 0 spiro atoms. The first-order valence-corrected chi connectivity index (χ1v) is 6.83. The molecule has 100 valence electrons. The third-order valence-electron chi connectivity index (χ3n) is 3.52. The molecule has 2 rings (SSSR count). The normalized spacial score (nSPS) is 21.5. The average molecular weight is 289 g/mol. The van der Waals surface area contributed by atoms with Crippen molar-refractivity contribution in [3.63, 3.8) is 0 Å². The van der Waals surface area contributed by atoms with E-state index in [1.54, 1.807) is 0 Å². The lowest BCUT2D eigenvalue weighted by atomic mass is 10.0. The van der Waals surface area contributed by atoms with Crippen LogP contribution >= 0.6 is 23.2 Å². The molecule has 2 unspecified atom stereocenters. The molecule has 1 saturated heterocycles. The number of hydrogen-bond acceptors (Lipinski definition) is 3. The van der Waals surface area contributed by atoms with E-state index in [-0.39, 0.29) is 6.04 Å². The number of ether oxygens (including phenoxy) is 1. The van der Waals surface area contributed by atoms with Crippen LogP contribution in [0, 0.1) is 0 Å². The summed E-state index contributed by atoms with van der Waals surface area (Å²) >= 11 is 12.0. The van der Waals surface area contributed by atoms with E-state index in [1.807, 2.05) is 18.2 Å². The van der Waals surface area contributed by atoms with Crippen LogP contribution in [-0.4, -0.2) is 37.7 Å². The van der Waals surface area contributed by atoms with E-state index in [2.05, 4.69) is 11.9 Å². The van der Waals surface area contributed by atoms with Crippen molar-refractivity contribution in [2.24, 2.45) is 5.73 Å². The van der Waals surface area contributed by atoms with E-state index in [4.69, 9.17) is 33.7 Å². The lowest BCUT2D eigenvalue weighted by Gasteiger charge is -2.32. The summed E-state index contributed by atoms with van der Waals surface area (Å²) in [5.41, 5.74) is 7.00. The van der Waals surface area contributed by atoms with Gasteiger partial charge in [-0.05, 0) is 31.2 Å². The Hall–Kier alpha value is -0.320. The van der Waals surface area contributed by atoms with Crippen molar-refractivity contribution in [3.05, 3.63) is 33.8 Å². The molecule has 0 aromatic heterocycles. The second-order valence-electron chi connectivity index (χ2n) is 4.61. The summed E-state index contributed by atoms with van der Waals surface area (Å²) in [6.07, 6.45) is 1.05. The van der Waals surface area contributed by atoms with Gasteiger partial charge in [0.15, 0.2) is 0 Å². The van der Waals surface area contributed by atoms with Crippen molar-refractivity contribution >= 4 is 23.2 Å². The SMILES string of the molecule is CN(C1CCOC1)C(CN)c1ccc(Cl)c(Cl)c1. The fourth-order valence-corrected chi connectivity index (χ4v) is 2.66. The summed E-state index contributed by atoms with van der Waals surface area (Å²) in [6, 6.07) is 6.27. The molecule has 2 atom stereocenters. The highest BCUT2D eigenvalue weighted by Gasteiger charge is 2.26. The van der Waals surface area contributed by atoms with Crippen molar-refractivity contribution in [2.75, 3.05) is 26.8 Å². The van der Waals surface area contributed by atoms with E-state index in [9.17, 15) is 0 Å². The molecule has 0 saturated carbocycles. The Bertz CT molecular complexity index is 408. The van der Waals surface area contributed by atoms with Crippen LogP contribution in [0.3, 0.4) is 0 Å². The van der Waals surface area contributed by atoms with Crippen molar-refractivity contribution in [1.82, 2.24) is 4.90 Å². The van der Waals surface area contributed by atoms with Crippen LogP contribution in [0.1, 0.15) is 18.0 Å². The van der Waals surface area contributed by atoms with Gasteiger partial charge in [0.1, 0.15) is 0 Å². The van der Waals surface area contributed by atoms with Crippen molar-refractivity contribution in [1.29, 1.82) is 0 Å². The second-order valence-corrected chi connectivity index (χ2v) is 5.42. The first-order chi connectivity index (χ1) is 8.63. The number of hydrogen-bond donors (Lipinski definition) is 1. The lowest BCUT2D eigenvalue weighted by Crippen LogP contribution is -2.38. The molecule has 0 bridgehead atoms. The molecule has 0 aliphatic carbocycles. The van der Waals surface area contributed by atoms with E-state index in [0.717, 1.165) is 25.2 Å². The van der Waals surface area contributed by atoms with E-state index >= 15 is 0 Å². The number of nitrogens with two attached hydrogens (primary N) is 1. The fraction of sp³-hybridized carbons (Fsp3) is 0.538. The van der Waals surface area contributed by atoms with Gasteiger partial charge in [0.25, 0.3) is 0 Å². The molecule has 1 heterocycles. The molecule has 1 aromatic carbocycles. The molecule has 18 heavy (non-hydrogen) atoms. The standard InChI is InChI=1S/C13H18Cl2N2O/c1-17(10-4-5-18-8-10)13(7-16)9-2-3-11(14)12(15)6-9/h2-3,6,10,13H,4-5,7-8,16H2,1H3. The summed E-state index contributed by atoms with van der Waals surface area (Å²) in [5.74, 6) is 0. The first-order valence-electron chi connectivity index (χ1n) is 6.08. The zero-order valence-electron chi connectivity index (χ0n) is 10.4. The highest BCUT2D eigenvalue weighted by Crippen LogP contribution is 2.29. The predicted molar refractivity (Wildman–Crippen MR) is 75.2 cm³/mol. The van der Waals surface area contributed by atoms with Crippen molar-refractivity contribution in [3.8, 4) is 0 Å². The topological polar surface area (TPSA) is 38.5 Å². The number of benzene rings is 1. The Labute approximate surface area is 118 Å². The third-order valence-corrected chi connectivity index (χ3v) is 4.26. The second kappa shape index (κ2) is 6.22. The number of likely N-dealkylation sites (N-methyl/N-ethyl adjacent to an activating group) is 1. The number of nitrogens with zero attached hydrogens (tertiary/aromatic N) is 1. The van der Waals surface area contributed by atoms with Crippen LogP contribution in [0.25, 0.3) is 0 Å². The molecule has 1 aromatic rings. The third kappa shape index (κ3) is 2.98. The van der Waals surface area contributed by atoms with Gasteiger partial charge < -0.3 is 10.5 Å². The Morgan fingerprint density at radius 3 is 2.78 bits per heavy atom. The molecule has 1 fully saturated rings. The van der Waals surface area contributed by atoms with Gasteiger partial charge in [-0.2, -0.15) is 0 Å². The van der Waals surface area contributed by atoms with E-state index in [0.29, 0.717) is 22.6 Å². The van der Waals surface area contributed by atoms with Gasteiger partial charge in [0.2, 0.25) is 0 Å². The highest BCUT2D eigenvalue weighted by molar-refractivity contribution is 6.42. The maximum Gasteiger partial charge on any atom is 0.0622 e. The minimum absolute atomic E-state index is 0.145. The molecule has 0 amide bonds. The Morgan fingerprint density at radius 1 is 1.44 bits per heavy atom. The van der Waals surface area contributed by atoms with Crippen LogP contribution in [0.5, 0.6) is 0 Å². The maximum atomic E-state index is 6.06. The average Bonchev–Trinajstić information content (AvgIpc) is 2.88. The van der Waals surface area contributed by atoms with E-state index < -0.39 is 0 Å². The smallest absolute Gasteiger partial charge is 0.0622 e. The van der Waals surface area contributed by atoms with Crippen LogP contribution in [0.4, 0.5) is 0 Å². The Morgan fingerprint density at radius 2 is 2.22 bits per heavy atom. The summed E-state index contributed by atoms with van der Waals surface area (Å²) in [5, 5.41) is 1.15. The summed E-state index contributed by atoms with van der Waals surface area (Å²) < 4.78 is 5.42. The zero-order chi connectivity index (χ0) is 13.1. The first kappa shape index (κ1) is 14.1.